The van der Waals surface area contributed by atoms with E-state index in [2.05, 4.69) is 24.0 Å². The molecule has 2 heterocycles. The van der Waals surface area contributed by atoms with Gasteiger partial charge in [0, 0.05) is 13.0 Å². The predicted octanol–water partition coefficient (Wildman–Crippen LogP) is 1.94. The van der Waals surface area contributed by atoms with Crippen molar-refractivity contribution in [1.29, 1.82) is 0 Å². The highest BCUT2D eigenvalue weighted by Gasteiger charge is 2.34. The van der Waals surface area contributed by atoms with E-state index >= 15 is 0 Å². The SMILES string of the molecule is COC(=O)C1CCCN1CC1Cc2cc(C)ccc2O1. The Morgan fingerprint density at radius 3 is 3.15 bits per heavy atom. The van der Waals surface area contributed by atoms with Gasteiger partial charge in [0.1, 0.15) is 17.9 Å². The number of methoxy groups -OCH3 is 1. The molecule has 1 saturated heterocycles. The second-order valence-electron chi connectivity index (χ2n) is 5.73. The molecule has 1 fully saturated rings. The van der Waals surface area contributed by atoms with Gasteiger partial charge in [-0.3, -0.25) is 9.69 Å². The number of esters is 1. The van der Waals surface area contributed by atoms with Crippen LogP contribution in [0.3, 0.4) is 0 Å². The van der Waals surface area contributed by atoms with Crippen LogP contribution in [-0.2, 0) is 16.0 Å². The maximum Gasteiger partial charge on any atom is 0.323 e. The molecule has 0 saturated carbocycles. The highest BCUT2D eigenvalue weighted by atomic mass is 16.5. The van der Waals surface area contributed by atoms with Crippen LogP contribution in [0, 0.1) is 6.92 Å². The van der Waals surface area contributed by atoms with Gasteiger partial charge in [-0.15, -0.1) is 0 Å². The Morgan fingerprint density at radius 2 is 2.35 bits per heavy atom. The average Bonchev–Trinajstić information content (AvgIpc) is 3.04. The molecule has 3 rings (SSSR count). The molecule has 1 aromatic rings. The Hall–Kier alpha value is -1.55. The van der Waals surface area contributed by atoms with Crippen molar-refractivity contribution in [1.82, 2.24) is 4.90 Å². The monoisotopic (exact) mass is 275 g/mol. The summed E-state index contributed by atoms with van der Waals surface area (Å²) in [6.07, 6.45) is 3.03. The molecule has 2 atom stereocenters. The highest BCUT2D eigenvalue weighted by Crippen LogP contribution is 2.31. The van der Waals surface area contributed by atoms with E-state index in [0.29, 0.717) is 0 Å². The number of fused-ring (bicyclic) bond motifs is 1. The van der Waals surface area contributed by atoms with Crippen molar-refractivity contribution in [2.45, 2.75) is 38.3 Å². The smallest absolute Gasteiger partial charge is 0.323 e. The molecule has 0 bridgehead atoms. The molecule has 0 N–H and O–H groups in total. The van der Waals surface area contributed by atoms with Crippen molar-refractivity contribution in [3.8, 4) is 5.75 Å². The van der Waals surface area contributed by atoms with Crippen LogP contribution in [0.1, 0.15) is 24.0 Å². The summed E-state index contributed by atoms with van der Waals surface area (Å²) in [6.45, 7) is 3.85. The summed E-state index contributed by atoms with van der Waals surface area (Å²) in [6, 6.07) is 6.23. The van der Waals surface area contributed by atoms with Gasteiger partial charge in [-0.25, -0.2) is 0 Å². The van der Waals surface area contributed by atoms with E-state index in [1.807, 2.05) is 6.07 Å². The van der Waals surface area contributed by atoms with Crippen molar-refractivity contribution < 1.29 is 14.3 Å². The van der Waals surface area contributed by atoms with Gasteiger partial charge >= 0.3 is 5.97 Å². The number of carbonyl (C=O) groups is 1. The fourth-order valence-corrected chi connectivity index (χ4v) is 3.26. The zero-order valence-electron chi connectivity index (χ0n) is 12.1. The zero-order chi connectivity index (χ0) is 14.1. The molecule has 108 valence electrons. The number of benzene rings is 1. The maximum atomic E-state index is 11.8. The van der Waals surface area contributed by atoms with E-state index in [0.717, 1.165) is 38.1 Å². The van der Waals surface area contributed by atoms with Gasteiger partial charge in [0.25, 0.3) is 0 Å². The van der Waals surface area contributed by atoms with Crippen LogP contribution in [0.5, 0.6) is 5.75 Å². The Balaban J connectivity index is 1.64. The molecular weight excluding hydrogens is 254 g/mol. The minimum absolute atomic E-state index is 0.0888. The number of carbonyl (C=O) groups excluding carboxylic acids is 1. The van der Waals surface area contributed by atoms with E-state index in [1.54, 1.807) is 0 Å². The lowest BCUT2D eigenvalue weighted by Crippen LogP contribution is -2.42. The summed E-state index contributed by atoms with van der Waals surface area (Å²) < 4.78 is 10.9. The minimum Gasteiger partial charge on any atom is -0.488 e. The fraction of sp³-hybridized carbons (Fsp3) is 0.562. The highest BCUT2D eigenvalue weighted by molar-refractivity contribution is 5.76. The first kappa shape index (κ1) is 13.4. The standard InChI is InChI=1S/C16H21NO3/c1-11-5-6-15-12(8-11)9-13(20-15)10-17-7-3-4-14(17)16(18)19-2/h5-6,8,13-14H,3-4,7,9-10H2,1-2H3. The van der Waals surface area contributed by atoms with Crippen LogP contribution in [-0.4, -0.2) is 43.2 Å². The molecular formula is C16H21NO3. The topological polar surface area (TPSA) is 38.8 Å². The van der Waals surface area contributed by atoms with Gasteiger partial charge in [-0.2, -0.15) is 0 Å². The van der Waals surface area contributed by atoms with Crippen LogP contribution in [0.15, 0.2) is 18.2 Å². The third kappa shape index (κ3) is 2.52. The van der Waals surface area contributed by atoms with E-state index < -0.39 is 0 Å². The molecule has 0 spiro atoms. The van der Waals surface area contributed by atoms with Gasteiger partial charge < -0.3 is 9.47 Å². The number of hydrogen-bond acceptors (Lipinski definition) is 4. The first-order chi connectivity index (χ1) is 9.67. The third-order valence-electron chi connectivity index (χ3n) is 4.23. The second kappa shape index (κ2) is 5.44. The van der Waals surface area contributed by atoms with E-state index in [-0.39, 0.29) is 18.1 Å². The number of nitrogens with zero attached hydrogens (tertiary/aromatic N) is 1. The summed E-state index contributed by atoms with van der Waals surface area (Å²) in [5.41, 5.74) is 2.55. The summed E-state index contributed by atoms with van der Waals surface area (Å²) in [4.78, 5) is 14.0. The maximum absolute atomic E-state index is 11.8. The molecule has 1 aromatic carbocycles. The summed E-state index contributed by atoms with van der Waals surface area (Å²) in [5.74, 6) is 0.878. The molecule has 0 radical (unpaired) electrons. The largest absolute Gasteiger partial charge is 0.488 e. The van der Waals surface area contributed by atoms with Crippen LogP contribution < -0.4 is 4.74 Å². The lowest BCUT2D eigenvalue weighted by Gasteiger charge is -2.25. The Bertz CT molecular complexity index is 514. The number of likely N-dealkylation sites (tertiary alicyclic amines) is 1. The fourth-order valence-electron chi connectivity index (χ4n) is 3.26. The van der Waals surface area contributed by atoms with E-state index in [1.165, 1.54) is 18.2 Å². The average molecular weight is 275 g/mol. The lowest BCUT2D eigenvalue weighted by molar-refractivity contribution is -0.146. The zero-order valence-corrected chi connectivity index (χ0v) is 12.1. The number of ether oxygens (including phenoxy) is 2. The number of rotatable bonds is 3. The molecule has 4 heteroatoms. The summed E-state index contributed by atoms with van der Waals surface area (Å²) in [5, 5.41) is 0. The molecule has 2 aliphatic rings. The third-order valence-corrected chi connectivity index (χ3v) is 4.23. The minimum atomic E-state index is -0.117. The van der Waals surface area contributed by atoms with Crippen LogP contribution in [0.25, 0.3) is 0 Å². The van der Waals surface area contributed by atoms with Crippen molar-refractivity contribution in [2.75, 3.05) is 20.2 Å². The first-order valence-electron chi connectivity index (χ1n) is 7.25. The number of hydrogen-bond donors (Lipinski definition) is 0. The summed E-state index contributed by atoms with van der Waals surface area (Å²) in [7, 11) is 1.46. The molecule has 0 amide bonds. The predicted molar refractivity (Wildman–Crippen MR) is 75.9 cm³/mol. The van der Waals surface area contributed by atoms with Crippen LogP contribution >= 0.6 is 0 Å². The van der Waals surface area contributed by atoms with Crippen LogP contribution in [0.4, 0.5) is 0 Å². The second-order valence-corrected chi connectivity index (χ2v) is 5.73. The normalized spacial score (nSPS) is 25.3. The molecule has 4 nitrogen and oxygen atoms in total. The molecule has 2 aliphatic heterocycles. The number of aryl methyl sites for hydroxylation is 1. The Labute approximate surface area is 119 Å². The van der Waals surface area contributed by atoms with Gasteiger partial charge in [0.05, 0.1) is 7.11 Å². The van der Waals surface area contributed by atoms with Crippen LogP contribution in [0.2, 0.25) is 0 Å². The van der Waals surface area contributed by atoms with Crippen molar-refractivity contribution in [3.63, 3.8) is 0 Å². The van der Waals surface area contributed by atoms with Crippen molar-refractivity contribution >= 4 is 5.97 Å². The van der Waals surface area contributed by atoms with Gasteiger partial charge in [-0.1, -0.05) is 17.7 Å². The molecule has 0 aromatic heterocycles. The summed E-state index contributed by atoms with van der Waals surface area (Å²) >= 11 is 0. The van der Waals surface area contributed by atoms with Gasteiger partial charge in [0.2, 0.25) is 0 Å². The van der Waals surface area contributed by atoms with E-state index in [9.17, 15) is 4.79 Å². The molecule has 0 aliphatic carbocycles. The quantitative estimate of drug-likeness (QED) is 0.790. The van der Waals surface area contributed by atoms with Gasteiger partial charge in [0.15, 0.2) is 0 Å². The lowest BCUT2D eigenvalue weighted by atomic mass is 10.1. The Morgan fingerprint density at radius 1 is 1.50 bits per heavy atom. The first-order valence-corrected chi connectivity index (χ1v) is 7.25. The Kier molecular flexibility index (Phi) is 3.66. The molecule has 2 unspecified atom stereocenters. The van der Waals surface area contributed by atoms with E-state index in [4.69, 9.17) is 9.47 Å². The van der Waals surface area contributed by atoms with Crippen molar-refractivity contribution in [2.24, 2.45) is 0 Å². The van der Waals surface area contributed by atoms with Crippen molar-refractivity contribution in [3.05, 3.63) is 29.3 Å². The van der Waals surface area contributed by atoms with Gasteiger partial charge in [-0.05, 0) is 37.9 Å². The molecule has 20 heavy (non-hydrogen) atoms.